The molecule has 1 saturated heterocycles. The van der Waals surface area contributed by atoms with Crippen LogP contribution in [0.3, 0.4) is 0 Å². The molecular formula is C14H21FN2. The third kappa shape index (κ3) is 3.05. The minimum absolute atomic E-state index is 0.149. The highest BCUT2D eigenvalue weighted by atomic mass is 19.1. The first-order valence-corrected chi connectivity index (χ1v) is 6.36. The Morgan fingerprint density at radius 2 is 2.29 bits per heavy atom. The van der Waals surface area contributed by atoms with Gasteiger partial charge in [0.15, 0.2) is 0 Å². The lowest BCUT2D eigenvalue weighted by molar-refractivity contribution is 0.156. The van der Waals surface area contributed by atoms with Gasteiger partial charge in [-0.25, -0.2) is 4.39 Å². The van der Waals surface area contributed by atoms with Crippen LogP contribution in [-0.4, -0.2) is 31.1 Å². The predicted octanol–water partition coefficient (Wildman–Crippen LogP) is 2.57. The Kier molecular flexibility index (Phi) is 4.13. The molecule has 1 aliphatic heterocycles. The Bertz CT molecular complexity index is 361. The van der Waals surface area contributed by atoms with Crippen LogP contribution in [0.5, 0.6) is 0 Å². The normalized spacial score (nSPS) is 22.7. The molecule has 2 rings (SSSR count). The van der Waals surface area contributed by atoms with Crippen LogP contribution in [0.2, 0.25) is 0 Å². The van der Waals surface area contributed by atoms with Gasteiger partial charge in [0.05, 0.1) is 0 Å². The van der Waals surface area contributed by atoms with Crippen LogP contribution in [0.25, 0.3) is 0 Å². The zero-order chi connectivity index (χ0) is 12.3. The van der Waals surface area contributed by atoms with Gasteiger partial charge in [-0.2, -0.15) is 0 Å². The van der Waals surface area contributed by atoms with Crippen molar-refractivity contribution in [3.05, 3.63) is 35.6 Å². The molecule has 0 spiro atoms. The molecule has 94 valence electrons. The topological polar surface area (TPSA) is 15.3 Å². The molecule has 2 atom stereocenters. The van der Waals surface area contributed by atoms with E-state index < -0.39 is 0 Å². The van der Waals surface area contributed by atoms with Crippen molar-refractivity contribution in [3.63, 3.8) is 0 Å². The minimum atomic E-state index is -0.149. The van der Waals surface area contributed by atoms with Crippen molar-refractivity contribution in [2.45, 2.75) is 31.8 Å². The molecule has 0 aliphatic carbocycles. The maximum absolute atomic E-state index is 13.2. The van der Waals surface area contributed by atoms with E-state index in [0.29, 0.717) is 6.04 Å². The summed E-state index contributed by atoms with van der Waals surface area (Å²) in [4.78, 5) is 2.35. The average molecular weight is 236 g/mol. The predicted molar refractivity (Wildman–Crippen MR) is 68.5 cm³/mol. The smallest absolute Gasteiger partial charge is 0.123 e. The zero-order valence-electron chi connectivity index (χ0n) is 10.6. The number of benzene rings is 1. The second kappa shape index (κ2) is 5.61. The Hall–Kier alpha value is -0.930. The van der Waals surface area contributed by atoms with Gasteiger partial charge in [-0.05, 0) is 51.1 Å². The first kappa shape index (κ1) is 12.5. The third-order valence-electron chi connectivity index (χ3n) is 3.79. The van der Waals surface area contributed by atoms with Gasteiger partial charge >= 0.3 is 0 Å². The van der Waals surface area contributed by atoms with E-state index in [1.165, 1.54) is 18.9 Å². The van der Waals surface area contributed by atoms with Crippen LogP contribution in [0.1, 0.15) is 31.4 Å². The number of nitrogens with zero attached hydrogens (tertiary/aromatic N) is 1. The fourth-order valence-corrected chi connectivity index (χ4v) is 2.50. The van der Waals surface area contributed by atoms with Crippen molar-refractivity contribution in [2.75, 3.05) is 20.1 Å². The summed E-state index contributed by atoms with van der Waals surface area (Å²) in [5, 5.41) is 3.42. The molecule has 0 saturated carbocycles. The van der Waals surface area contributed by atoms with Gasteiger partial charge in [0.1, 0.15) is 5.82 Å². The lowest BCUT2D eigenvalue weighted by Gasteiger charge is -2.36. The minimum Gasteiger partial charge on any atom is -0.315 e. The molecule has 0 bridgehead atoms. The second-order valence-electron chi connectivity index (χ2n) is 4.90. The van der Waals surface area contributed by atoms with E-state index in [-0.39, 0.29) is 11.9 Å². The Morgan fingerprint density at radius 1 is 1.47 bits per heavy atom. The quantitative estimate of drug-likeness (QED) is 0.867. The summed E-state index contributed by atoms with van der Waals surface area (Å²) < 4.78 is 13.2. The maximum Gasteiger partial charge on any atom is 0.123 e. The summed E-state index contributed by atoms with van der Waals surface area (Å²) >= 11 is 0. The highest BCUT2D eigenvalue weighted by Crippen LogP contribution is 2.23. The number of piperidine rings is 1. The van der Waals surface area contributed by atoms with E-state index in [4.69, 9.17) is 0 Å². The molecule has 3 heteroatoms. The molecule has 1 heterocycles. The van der Waals surface area contributed by atoms with E-state index in [1.807, 2.05) is 6.07 Å². The third-order valence-corrected chi connectivity index (χ3v) is 3.79. The molecule has 0 amide bonds. The standard InChI is InChI=1S/C14H21FN2/c1-11(12-5-3-6-13(15)9-12)17(2)14-7-4-8-16-10-14/h3,5-6,9,11,14,16H,4,7-8,10H2,1-2H3. The molecule has 2 unspecified atom stereocenters. The van der Waals surface area contributed by atoms with Gasteiger partial charge in [0.25, 0.3) is 0 Å². The van der Waals surface area contributed by atoms with Crippen molar-refractivity contribution in [1.82, 2.24) is 10.2 Å². The van der Waals surface area contributed by atoms with Gasteiger partial charge in [-0.1, -0.05) is 12.1 Å². The highest BCUT2D eigenvalue weighted by molar-refractivity contribution is 5.19. The molecule has 1 aromatic carbocycles. The molecule has 1 N–H and O–H groups in total. The Labute approximate surface area is 103 Å². The first-order chi connectivity index (χ1) is 8.18. The van der Waals surface area contributed by atoms with E-state index in [0.717, 1.165) is 18.7 Å². The summed E-state index contributed by atoms with van der Waals surface area (Å²) in [5.41, 5.74) is 1.05. The zero-order valence-corrected chi connectivity index (χ0v) is 10.6. The molecule has 0 radical (unpaired) electrons. The summed E-state index contributed by atoms with van der Waals surface area (Å²) in [6.45, 7) is 4.30. The molecular weight excluding hydrogens is 215 g/mol. The van der Waals surface area contributed by atoms with Crippen LogP contribution in [0.15, 0.2) is 24.3 Å². The van der Waals surface area contributed by atoms with Gasteiger partial charge in [0, 0.05) is 18.6 Å². The largest absolute Gasteiger partial charge is 0.315 e. The molecule has 1 aromatic rings. The monoisotopic (exact) mass is 236 g/mol. The van der Waals surface area contributed by atoms with Gasteiger partial charge in [-0.3, -0.25) is 4.90 Å². The van der Waals surface area contributed by atoms with Gasteiger partial charge in [-0.15, -0.1) is 0 Å². The number of nitrogens with one attached hydrogen (secondary N) is 1. The number of hydrogen-bond donors (Lipinski definition) is 1. The van der Waals surface area contributed by atoms with Crippen LogP contribution in [0, 0.1) is 5.82 Å². The SMILES string of the molecule is CC(c1cccc(F)c1)N(C)C1CCCNC1. The van der Waals surface area contributed by atoms with Gasteiger partial charge < -0.3 is 5.32 Å². The fourth-order valence-electron chi connectivity index (χ4n) is 2.50. The summed E-state index contributed by atoms with van der Waals surface area (Å²) in [7, 11) is 2.13. The van der Waals surface area contributed by atoms with Crippen molar-refractivity contribution in [2.24, 2.45) is 0 Å². The van der Waals surface area contributed by atoms with E-state index in [2.05, 4.69) is 24.2 Å². The fraction of sp³-hybridized carbons (Fsp3) is 0.571. The lowest BCUT2D eigenvalue weighted by Crippen LogP contribution is -2.45. The Morgan fingerprint density at radius 3 is 2.94 bits per heavy atom. The average Bonchev–Trinajstić information content (AvgIpc) is 2.38. The first-order valence-electron chi connectivity index (χ1n) is 6.36. The number of halogens is 1. The van der Waals surface area contributed by atoms with Crippen molar-refractivity contribution in [1.29, 1.82) is 0 Å². The van der Waals surface area contributed by atoms with Crippen molar-refractivity contribution in [3.8, 4) is 0 Å². The molecule has 1 aliphatic rings. The van der Waals surface area contributed by atoms with Crippen LogP contribution >= 0.6 is 0 Å². The second-order valence-corrected chi connectivity index (χ2v) is 4.90. The van der Waals surface area contributed by atoms with Crippen molar-refractivity contribution >= 4 is 0 Å². The molecule has 0 aromatic heterocycles. The molecule has 17 heavy (non-hydrogen) atoms. The number of likely N-dealkylation sites (N-methyl/N-ethyl adjacent to an activating group) is 1. The molecule has 2 nitrogen and oxygen atoms in total. The van der Waals surface area contributed by atoms with Crippen LogP contribution < -0.4 is 5.32 Å². The van der Waals surface area contributed by atoms with E-state index in [9.17, 15) is 4.39 Å². The lowest BCUT2D eigenvalue weighted by atomic mass is 10.0. The van der Waals surface area contributed by atoms with Crippen LogP contribution in [-0.2, 0) is 0 Å². The summed E-state index contributed by atoms with van der Waals surface area (Å²) in [5.74, 6) is -0.149. The number of rotatable bonds is 3. The highest BCUT2D eigenvalue weighted by Gasteiger charge is 2.22. The maximum atomic E-state index is 13.2. The molecule has 1 fully saturated rings. The van der Waals surface area contributed by atoms with Crippen molar-refractivity contribution < 1.29 is 4.39 Å². The van der Waals surface area contributed by atoms with Gasteiger partial charge in [0.2, 0.25) is 0 Å². The van der Waals surface area contributed by atoms with Crippen LogP contribution in [0.4, 0.5) is 4.39 Å². The van der Waals surface area contributed by atoms with E-state index in [1.54, 1.807) is 12.1 Å². The number of hydrogen-bond acceptors (Lipinski definition) is 2. The Balaban J connectivity index is 2.05. The summed E-state index contributed by atoms with van der Waals surface area (Å²) in [6.07, 6.45) is 2.45. The van der Waals surface area contributed by atoms with E-state index >= 15 is 0 Å². The summed E-state index contributed by atoms with van der Waals surface area (Å²) in [6, 6.07) is 7.74.